The van der Waals surface area contributed by atoms with Gasteiger partial charge in [-0.05, 0) is 18.6 Å². The lowest BCUT2D eigenvalue weighted by Gasteiger charge is -2.09. The van der Waals surface area contributed by atoms with Crippen molar-refractivity contribution in [3.05, 3.63) is 27.7 Å². The largest absolute Gasteiger partial charge is 0.462 e. The molecule has 0 atom stereocenters. The molecule has 88 valence electrons. The number of hydrogen-bond acceptors (Lipinski definition) is 3. The van der Waals surface area contributed by atoms with E-state index in [1.165, 1.54) is 6.07 Å². The Hall–Kier alpha value is -0.930. The minimum Gasteiger partial charge on any atom is -0.462 e. The maximum atomic E-state index is 11.7. The number of unbranched alkanes of at least 4 members (excludes halogenated alkanes) is 1. The number of nitrogens with two attached hydrogens (primary N) is 1. The molecule has 0 aromatic heterocycles. The molecule has 16 heavy (non-hydrogen) atoms. The van der Waals surface area contributed by atoms with Gasteiger partial charge in [-0.3, -0.25) is 0 Å². The van der Waals surface area contributed by atoms with Crippen molar-refractivity contribution in [2.75, 3.05) is 12.3 Å². The SMILES string of the molecule is CCCCOC(=O)c1c(Cl)ccc(Cl)c1N. The summed E-state index contributed by atoms with van der Waals surface area (Å²) in [7, 11) is 0. The zero-order chi connectivity index (χ0) is 12.1. The highest BCUT2D eigenvalue weighted by Gasteiger charge is 2.17. The molecule has 0 saturated carbocycles. The molecule has 0 aliphatic carbocycles. The van der Waals surface area contributed by atoms with E-state index in [0.717, 1.165) is 12.8 Å². The van der Waals surface area contributed by atoms with Crippen LogP contribution >= 0.6 is 23.2 Å². The van der Waals surface area contributed by atoms with Crippen LogP contribution in [0.4, 0.5) is 5.69 Å². The van der Waals surface area contributed by atoms with Crippen LogP contribution in [-0.4, -0.2) is 12.6 Å². The third-order valence-electron chi connectivity index (χ3n) is 2.08. The summed E-state index contributed by atoms with van der Waals surface area (Å²) in [5.41, 5.74) is 5.98. The Morgan fingerprint density at radius 2 is 2.00 bits per heavy atom. The van der Waals surface area contributed by atoms with Gasteiger partial charge in [0.05, 0.1) is 22.3 Å². The van der Waals surface area contributed by atoms with Crippen LogP contribution in [0, 0.1) is 0 Å². The smallest absolute Gasteiger partial charge is 0.341 e. The number of carbonyl (C=O) groups is 1. The van der Waals surface area contributed by atoms with Crippen LogP contribution in [0.5, 0.6) is 0 Å². The van der Waals surface area contributed by atoms with E-state index >= 15 is 0 Å². The van der Waals surface area contributed by atoms with Crippen LogP contribution in [0.1, 0.15) is 30.1 Å². The molecular weight excluding hydrogens is 249 g/mol. The van der Waals surface area contributed by atoms with Gasteiger partial charge in [0.25, 0.3) is 0 Å². The summed E-state index contributed by atoms with van der Waals surface area (Å²) in [5.74, 6) is -0.529. The van der Waals surface area contributed by atoms with Crippen LogP contribution in [0.15, 0.2) is 12.1 Å². The summed E-state index contributed by atoms with van der Waals surface area (Å²) < 4.78 is 5.02. The van der Waals surface area contributed by atoms with Crippen LogP contribution in [0.3, 0.4) is 0 Å². The first kappa shape index (κ1) is 13.1. The zero-order valence-corrected chi connectivity index (χ0v) is 10.4. The molecule has 0 bridgehead atoms. The summed E-state index contributed by atoms with van der Waals surface area (Å²) in [6.07, 6.45) is 1.76. The summed E-state index contributed by atoms with van der Waals surface area (Å²) in [5, 5.41) is 0.551. The summed E-state index contributed by atoms with van der Waals surface area (Å²) in [6.45, 7) is 2.37. The minimum absolute atomic E-state index is 0.144. The Morgan fingerprint density at radius 3 is 2.62 bits per heavy atom. The van der Waals surface area contributed by atoms with E-state index in [0.29, 0.717) is 11.6 Å². The summed E-state index contributed by atoms with van der Waals surface area (Å²) >= 11 is 11.7. The van der Waals surface area contributed by atoms with Crippen molar-refractivity contribution >= 4 is 34.9 Å². The van der Waals surface area contributed by atoms with Gasteiger partial charge in [-0.15, -0.1) is 0 Å². The maximum absolute atomic E-state index is 11.7. The number of hydrogen-bond donors (Lipinski definition) is 1. The molecule has 0 heterocycles. The van der Waals surface area contributed by atoms with Crippen molar-refractivity contribution in [1.29, 1.82) is 0 Å². The van der Waals surface area contributed by atoms with Gasteiger partial charge in [0, 0.05) is 0 Å². The molecule has 0 radical (unpaired) electrons. The zero-order valence-electron chi connectivity index (χ0n) is 8.93. The van der Waals surface area contributed by atoms with Crippen molar-refractivity contribution < 1.29 is 9.53 Å². The van der Waals surface area contributed by atoms with E-state index in [2.05, 4.69) is 0 Å². The molecule has 1 rings (SSSR count). The Labute approximate surface area is 104 Å². The summed E-state index contributed by atoms with van der Waals surface area (Å²) in [4.78, 5) is 11.7. The van der Waals surface area contributed by atoms with Gasteiger partial charge < -0.3 is 10.5 Å². The predicted molar refractivity (Wildman–Crippen MR) is 66.1 cm³/mol. The fourth-order valence-electron chi connectivity index (χ4n) is 1.16. The number of rotatable bonds is 4. The highest BCUT2D eigenvalue weighted by atomic mass is 35.5. The van der Waals surface area contributed by atoms with Crippen LogP contribution in [0.25, 0.3) is 0 Å². The number of halogens is 2. The Bertz CT molecular complexity index is 394. The van der Waals surface area contributed by atoms with Crippen molar-refractivity contribution in [1.82, 2.24) is 0 Å². The first-order valence-corrected chi connectivity index (χ1v) is 5.74. The molecule has 2 N–H and O–H groups in total. The monoisotopic (exact) mass is 261 g/mol. The van der Waals surface area contributed by atoms with Gasteiger partial charge in [-0.1, -0.05) is 36.5 Å². The molecule has 1 aromatic rings. The van der Waals surface area contributed by atoms with E-state index < -0.39 is 5.97 Å². The molecule has 0 saturated heterocycles. The molecule has 0 aliphatic rings. The normalized spacial score (nSPS) is 10.2. The molecule has 0 amide bonds. The van der Waals surface area contributed by atoms with Crippen LogP contribution < -0.4 is 5.73 Å². The average molecular weight is 262 g/mol. The van der Waals surface area contributed by atoms with E-state index in [4.69, 9.17) is 33.7 Å². The first-order valence-electron chi connectivity index (χ1n) is 4.98. The quantitative estimate of drug-likeness (QED) is 0.513. The number of benzene rings is 1. The van der Waals surface area contributed by atoms with Crippen molar-refractivity contribution in [3.63, 3.8) is 0 Å². The van der Waals surface area contributed by atoms with Gasteiger partial charge in [-0.2, -0.15) is 0 Å². The second-order valence-electron chi connectivity index (χ2n) is 3.31. The molecule has 3 nitrogen and oxygen atoms in total. The highest BCUT2D eigenvalue weighted by Crippen LogP contribution is 2.29. The second-order valence-corrected chi connectivity index (χ2v) is 4.12. The first-order chi connectivity index (χ1) is 7.57. The Morgan fingerprint density at radius 1 is 1.38 bits per heavy atom. The lowest BCUT2D eigenvalue weighted by Crippen LogP contribution is -2.10. The lowest BCUT2D eigenvalue weighted by molar-refractivity contribution is 0.0501. The molecule has 0 aliphatic heterocycles. The fourth-order valence-corrected chi connectivity index (χ4v) is 1.56. The Balaban J connectivity index is 2.86. The van der Waals surface area contributed by atoms with E-state index in [1.807, 2.05) is 6.92 Å². The predicted octanol–water partition coefficient (Wildman–Crippen LogP) is 3.53. The third kappa shape index (κ3) is 3.03. The number of carbonyl (C=O) groups excluding carboxylic acids is 1. The van der Waals surface area contributed by atoms with E-state index in [1.54, 1.807) is 6.07 Å². The van der Waals surface area contributed by atoms with Crippen molar-refractivity contribution in [2.45, 2.75) is 19.8 Å². The van der Waals surface area contributed by atoms with E-state index in [9.17, 15) is 4.79 Å². The van der Waals surface area contributed by atoms with Gasteiger partial charge >= 0.3 is 5.97 Å². The molecule has 5 heteroatoms. The third-order valence-corrected chi connectivity index (χ3v) is 2.72. The number of ether oxygens (including phenoxy) is 1. The van der Waals surface area contributed by atoms with Crippen LogP contribution in [-0.2, 0) is 4.74 Å². The summed E-state index contributed by atoms with van der Waals surface area (Å²) in [6, 6.07) is 3.07. The fraction of sp³-hybridized carbons (Fsp3) is 0.364. The Kier molecular flexibility index (Phi) is 4.90. The number of nitrogen functional groups attached to an aromatic ring is 1. The molecule has 0 fully saturated rings. The van der Waals surface area contributed by atoms with Crippen LogP contribution in [0.2, 0.25) is 10.0 Å². The van der Waals surface area contributed by atoms with Gasteiger partial charge in [0.1, 0.15) is 5.56 Å². The average Bonchev–Trinajstić information content (AvgIpc) is 2.24. The topological polar surface area (TPSA) is 52.3 Å². The lowest BCUT2D eigenvalue weighted by atomic mass is 10.2. The molecule has 0 spiro atoms. The minimum atomic E-state index is -0.529. The molecule has 0 unspecified atom stereocenters. The standard InChI is InChI=1S/C11H13Cl2NO2/c1-2-3-6-16-11(15)9-7(12)4-5-8(13)10(9)14/h4-5H,2-3,6,14H2,1H3. The second kappa shape index (κ2) is 5.97. The van der Waals surface area contributed by atoms with Gasteiger partial charge in [0.2, 0.25) is 0 Å². The molecular formula is C11H13Cl2NO2. The number of esters is 1. The maximum Gasteiger partial charge on any atom is 0.341 e. The van der Waals surface area contributed by atoms with Crippen molar-refractivity contribution in [2.24, 2.45) is 0 Å². The highest BCUT2D eigenvalue weighted by molar-refractivity contribution is 6.38. The molecule has 1 aromatic carbocycles. The van der Waals surface area contributed by atoms with Gasteiger partial charge in [-0.25, -0.2) is 4.79 Å². The number of anilines is 1. The van der Waals surface area contributed by atoms with E-state index in [-0.39, 0.29) is 16.3 Å². The van der Waals surface area contributed by atoms with Crippen molar-refractivity contribution in [3.8, 4) is 0 Å². The van der Waals surface area contributed by atoms with Gasteiger partial charge in [0.15, 0.2) is 0 Å².